The van der Waals surface area contributed by atoms with Gasteiger partial charge in [-0.25, -0.2) is 4.79 Å². The molecule has 0 fully saturated rings. The number of carbonyl (C=O) groups excluding carboxylic acids is 1. The van der Waals surface area contributed by atoms with Crippen LogP contribution in [0.15, 0.2) is 83.0 Å². The molecule has 0 atom stereocenters. The Hall–Kier alpha value is -3.27. The lowest BCUT2D eigenvalue weighted by Gasteiger charge is -2.04. The van der Waals surface area contributed by atoms with Gasteiger partial charge in [-0.15, -0.1) is 0 Å². The van der Waals surface area contributed by atoms with E-state index in [2.05, 4.69) is 10.2 Å². The Labute approximate surface area is 146 Å². The maximum atomic E-state index is 12.1. The zero-order valence-corrected chi connectivity index (χ0v) is 14.1. The fourth-order valence-electron chi connectivity index (χ4n) is 2.16. The van der Waals surface area contributed by atoms with Crippen molar-refractivity contribution in [3.05, 3.63) is 89.5 Å². The molecule has 25 heavy (non-hydrogen) atoms. The third-order valence-electron chi connectivity index (χ3n) is 3.65. The molecule has 0 heterocycles. The van der Waals surface area contributed by atoms with Crippen molar-refractivity contribution in [1.82, 2.24) is 0 Å². The number of nitrogens with zero attached hydrogens (tertiary/aromatic N) is 2. The van der Waals surface area contributed by atoms with E-state index in [4.69, 9.17) is 4.74 Å². The van der Waals surface area contributed by atoms with Crippen LogP contribution in [0.25, 0.3) is 0 Å². The van der Waals surface area contributed by atoms with Crippen LogP contribution in [-0.2, 0) is 0 Å². The highest BCUT2D eigenvalue weighted by Crippen LogP contribution is 2.20. The Balaban J connectivity index is 1.66. The van der Waals surface area contributed by atoms with Gasteiger partial charge in [0.25, 0.3) is 0 Å². The zero-order valence-electron chi connectivity index (χ0n) is 14.1. The van der Waals surface area contributed by atoms with Crippen LogP contribution in [0.5, 0.6) is 5.75 Å². The number of hydrogen-bond acceptors (Lipinski definition) is 4. The van der Waals surface area contributed by atoms with Crippen LogP contribution >= 0.6 is 0 Å². The van der Waals surface area contributed by atoms with Crippen molar-refractivity contribution in [3.8, 4) is 5.75 Å². The van der Waals surface area contributed by atoms with Gasteiger partial charge in [-0.3, -0.25) is 0 Å². The first kappa shape index (κ1) is 16.6. The van der Waals surface area contributed by atoms with Crippen LogP contribution in [-0.4, -0.2) is 5.97 Å². The van der Waals surface area contributed by atoms with Gasteiger partial charge in [-0.05, 0) is 62.4 Å². The van der Waals surface area contributed by atoms with E-state index in [0.717, 1.165) is 11.3 Å². The fourth-order valence-corrected chi connectivity index (χ4v) is 2.16. The van der Waals surface area contributed by atoms with Gasteiger partial charge in [0.15, 0.2) is 0 Å². The van der Waals surface area contributed by atoms with Gasteiger partial charge in [0.2, 0.25) is 0 Å². The minimum absolute atomic E-state index is 0.397. The van der Waals surface area contributed by atoms with Crippen molar-refractivity contribution in [2.24, 2.45) is 10.2 Å². The van der Waals surface area contributed by atoms with E-state index in [1.54, 1.807) is 36.4 Å². The van der Waals surface area contributed by atoms with E-state index >= 15 is 0 Å². The number of hydrogen-bond donors (Lipinski definition) is 0. The molecule has 0 saturated carbocycles. The lowest BCUT2D eigenvalue weighted by molar-refractivity contribution is 0.0735. The smallest absolute Gasteiger partial charge is 0.343 e. The molecule has 124 valence electrons. The number of carbonyl (C=O) groups is 1. The first-order valence-electron chi connectivity index (χ1n) is 7.97. The summed E-state index contributed by atoms with van der Waals surface area (Å²) in [4.78, 5) is 12.1. The van der Waals surface area contributed by atoms with Gasteiger partial charge in [0.1, 0.15) is 5.75 Å². The van der Waals surface area contributed by atoms with Crippen molar-refractivity contribution in [2.75, 3.05) is 0 Å². The van der Waals surface area contributed by atoms with Gasteiger partial charge in [-0.1, -0.05) is 35.4 Å². The second-order valence-electron chi connectivity index (χ2n) is 5.78. The minimum atomic E-state index is -0.397. The third-order valence-corrected chi connectivity index (χ3v) is 3.65. The largest absolute Gasteiger partial charge is 0.423 e. The quantitative estimate of drug-likeness (QED) is 0.338. The van der Waals surface area contributed by atoms with E-state index in [1.807, 2.05) is 50.2 Å². The topological polar surface area (TPSA) is 51.0 Å². The predicted octanol–water partition coefficient (Wildman–Crippen LogP) is 5.94. The van der Waals surface area contributed by atoms with E-state index in [0.29, 0.717) is 17.0 Å². The molecule has 0 N–H and O–H groups in total. The Bertz CT molecular complexity index is 881. The number of benzene rings is 3. The van der Waals surface area contributed by atoms with E-state index < -0.39 is 5.97 Å². The molecule has 4 nitrogen and oxygen atoms in total. The molecule has 0 unspecified atom stereocenters. The molecule has 0 bridgehead atoms. The molecule has 0 amide bonds. The number of rotatable bonds is 4. The molecular weight excluding hydrogens is 312 g/mol. The van der Waals surface area contributed by atoms with Crippen LogP contribution in [0, 0.1) is 13.8 Å². The van der Waals surface area contributed by atoms with Crippen LogP contribution in [0.1, 0.15) is 21.5 Å². The van der Waals surface area contributed by atoms with Crippen molar-refractivity contribution < 1.29 is 9.53 Å². The summed E-state index contributed by atoms with van der Waals surface area (Å²) in [7, 11) is 0. The summed E-state index contributed by atoms with van der Waals surface area (Å²) in [6.07, 6.45) is 0. The van der Waals surface area contributed by atoms with Crippen molar-refractivity contribution >= 4 is 17.3 Å². The fraction of sp³-hybridized carbons (Fsp3) is 0.0952. The second kappa shape index (κ2) is 7.53. The van der Waals surface area contributed by atoms with Gasteiger partial charge < -0.3 is 4.74 Å². The number of esters is 1. The van der Waals surface area contributed by atoms with E-state index in [1.165, 1.54) is 5.56 Å². The normalized spacial score (nSPS) is 10.8. The molecule has 3 rings (SSSR count). The Kier molecular flexibility index (Phi) is 5.00. The summed E-state index contributed by atoms with van der Waals surface area (Å²) in [6, 6.07) is 22.0. The van der Waals surface area contributed by atoms with Crippen LogP contribution < -0.4 is 4.74 Å². The Morgan fingerprint density at radius 2 is 1.12 bits per heavy atom. The Morgan fingerprint density at radius 3 is 1.64 bits per heavy atom. The molecule has 3 aromatic carbocycles. The molecule has 0 aromatic heterocycles. The van der Waals surface area contributed by atoms with Crippen LogP contribution in [0.2, 0.25) is 0 Å². The second-order valence-corrected chi connectivity index (χ2v) is 5.78. The van der Waals surface area contributed by atoms with Crippen LogP contribution in [0.4, 0.5) is 11.4 Å². The maximum Gasteiger partial charge on any atom is 0.343 e. The summed E-state index contributed by atoms with van der Waals surface area (Å²) in [5.41, 5.74) is 4.22. The Morgan fingerprint density at radius 1 is 0.680 bits per heavy atom. The molecule has 0 aliphatic carbocycles. The number of aryl methyl sites for hydroxylation is 2. The SMILES string of the molecule is Cc1ccc(/N=N/c2ccc(C(=O)Oc3ccc(C)cc3)cc2)cc1. The monoisotopic (exact) mass is 330 g/mol. The zero-order chi connectivity index (χ0) is 17.6. The average molecular weight is 330 g/mol. The van der Waals surface area contributed by atoms with Gasteiger partial charge >= 0.3 is 5.97 Å². The van der Waals surface area contributed by atoms with Crippen molar-refractivity contribution in [1.29, 1.82) is 0 Å². The summed E-state index contributed by atoms with van der Waals surface area (Å²) < 4.78 is 5.34. The number of azo groups is 1. The first-order chi connectivity index (χ1) is 12.1. The van der Waals surface area contributed by atoms with E-state index in [9.17, 15) is 4.79 Å². The standard InChI is InChI=1S/C21H18N2O2/c1-15-3-9-18(10-4-15)22-23-19-11-7-17(8-12-19)21(24)25-20-13-5-16(2)6-14-20/h3-14H,1-2H3/b23-22+. The van der Waals surface area contributed by atoms with Gasteiger partial charge in [0.05, 0.1) is 16.9 Å². The lowest BCUT2D eigenvalue weighted by Crippen LogP contribution is -2.07. The van der Waals surface area contributed by atoms with Crippen LogP contribution in [0.3, 0.4) is 0 Å². The molecule has 0 saturated heterocycles. The highest BCUT2D eigenvalue weighted by molar-refractivity contribution is 5.91. The van der Waals surface area contributed by atoms with Crippen molar-refractivity contribution in [3.63, 3.8) is 0 Å². The molecule has 0 aliphatic heterocycles. The summed E-state index contributed by atoms with van der Waals surface area (Å²) in [5, 5.41) is 8.35. The first-order valence-corrected chi connectivity index (χ1v) is 7.97. The number of ether oxygens (including phenoxy) is 1. The molecule has 3 aromatic rings. The summed E-state index contributed by atoms with van der Waals surface area (Å²) in [6.45, 7) is 4.00. The molecule has 4 heteroatoms. The minimum Gasteiger partial charge on any atom is -0.423 e. The maximum absolute atomic E-state index is 12.1. The van der Waals surface area contributed by atoms with Gasteiger partial charge in [0, 0.05) is 0 Å². The van der Waals surface area contributed by atoms with E-state index in [-0.39, 0.29) is 0 Å². The molecule has 0 aliphatic rings. The highest BCUT2D eigenvalue weighted by Gasteiger charge is 2.08. The summed E-state index contributed by atoms with van der Waals surface area (Å²) in [5.74, 6) is 0.129. The molecule has 0 radical (unpaired) electrons. The predicted molar refractivity (Wildman–Crippen MR) is 97.9 cm³/mol. The molecular formula is C21H18N2O2. The third kappa shape index (κ3) is 4.61. The summed E-state index contributed by atoms with van der Waals surface area (Å²) >= 11 is 0. The lowest BCUT2D eigenvalue weighted by atomic mass is 10.2. The van der Waals surface area contributed by atoms with Gasteiger partial charge in [-0.2, -0.15) is 10.2 Å². The average Bonchev–Trinajstić information content (AvgIpc) is 2.63. The molecule has 0 spiro atoms. The highest BCUT2D eigenvalue weighted by atomic mass is 16.5. The van der Waals surface area contributed by atoms with Crippen molar-refractivity contribution in [2.45, 2.75) is 13.8 Å².